The molecule has 1 aliphatic rings. The molecule has 0 aliphatic carbocycles. The predicted octanol–water partition coefficient (Wildman–Crippen LogP) is 6.27. The van der Waals surface area contributed by atoms with Crippen molar-refractivity contribution in [1.29, 1.82) is 0 Å². The second kappa shape index (κ2) is 9.99. The van der Waals surface area contributed by atoms with Crippen molar-refractivity contribution in [2.45, 2.75) is 45.8 Å². The highest BCUT2D eigenvalue weighted by Gasteiger charge is 2.23. The maximum atomic E-state index is 14.1. The van der Waals surface area contributed by atoms with E-state index >= 15 is 0 Å². The van der Waals surface area contributed by atoms with Crippen molar-refractivity contribution in [2.24, 2.45) is 5.92 Å². The minimum atomic E-state index is -0.700. The molecule has 0 bridgehead atoms. The Labute approximate surface area is 165 Å². The van der Waals surface area contributed by atoms with Crippen LogP contribution in [0.15, 0.2) is 36.4 Å². The third kappa shape index (κ3) is 5.09. The van der Waals surface area contributed by atoms with Gasteiger partial charge < -0.3 is 14.2 Å². The quantitative estimate of drug-likeness (QED) is 0.497. The molecule has 0 spiro atoms. The summed E-state index contributed by atoms with van der Waals surface area (Å²) < 4.78 is 45.0. The second-order valence-electron chi connectivity index (χ2n) is 7.18. The molecular formula is C23H28F2O3. The van der Waals surface area contributed by atoms with Crippen LogP contribution in [0.25, 0.3) is 11.1 Å². The molecule has 152 valence electrons. The van der Waals surface area contributed by atoms with Crippen molar-refractivity contribution < 1.29 is 23.0 Å². The van der Waals surface area contributed by atoms with Crippen LogP contribution in [0.4, 0.5) is 8.78 Å². The molecular weight excluding hydrogens is 362 g/mol. The highest BCUT2D eigenvalue weighted by molar-refractivity contribution is 5.65. The summed E-state index contributed by atoms with van der Waals surface area (Å²) in [5, 5.41) is 0. The van der Waals surface area contributed by atoms with E-state index in [1.165, 1.54) is 31.4 Å². The smallest absolute Gasteiger partial charge is 0.190 e. The Balaban J connectivity index is 1.63. The molecule has 1 heterocycles. The van der Waals surface area contributed by atoms with Crippen molar-refractivity contribution >= 4 is 0 Å². The average Bonchev–Trinajstić information content (AvgIpc) is 2.71. The lowest BCUT2D eigenvalue weighted by molar-refractivity contribution is -0.206. The largest absolute Gasteiger partial charge is 0.488 e. The van der Waals surface area contributed by atoms with Crippen LogP contribution in [0, 0.1) is 17.6 Å². The Morgan fingerprint density at radius 2 is 1.57 bits per heavy atom. The van der Waals surface area contributed by atoms with Crippen LogP contribution < -0.4 is 4.74 Å². The molecule has 1 saturated heterocycles. The van der Waals surface area contributed by atoms with E-state index in [1.807, 2.05) is 24.3 Å². The third-order valence-electron chi connectivity index (χ3n) is 4.99. The van der Waals surface area contributed by atoms with Gasteiger partial charge in [-0.15, -0.1) is 0 Å². The number of hydrogen-bond acceptors (Lipinski definition) is 3. The van der Waals surface area contributed by atoms with Crippen LogP contribution in [0.1, 0.15) is 51.4 Å². The summed E-state index contributed by atoms with van der Waals surface area (Å²) in [6.07, 6.45) is 4.42. The predicted molar refractivity (Wildman–Crippen MR) is 105 cm³/mol. The highest BCUT2D eigenvalue weighted by Crippen LogP contribution is 2.32. The fourth-order valence-corrected chi connectivity index (χ4v) is 3.43. The molecule has 0 N–H and O–H groups in total. The van der Waals surface area contributed by atoms with Crippen molar-refractivity contribution in [3.63, 3.8) is 0 Å². The summed E-state index contributed by atoms with van der Waals surface area (Å²) >= 11 is 0. The summed E-state index contributed by atoms with van der Waals surface area (Å²) in [4.78, 5) is 0. The van der Waals surface area contributed by atoms with Gasteiger partial charge in [-0.05, 0) is 36.6 Å². The minimum Gasteiger partial charge on any atom is -0.488 e. The molecule has 0 aromatic heterocycles. The van der Waals surface area contributed by atoms with Crippen LogP contribution in [-0.4, -0.2) is 19.8 Å². The van der Waals surface area contributed by atoms with E-state index in [4.69, 9.17) is 14.2 Å². The first-order valence-corrected chi connectivity index (χ1v) is 10.1. The van der Waals surface area contributed by atoms with Crippen LogP contribution >= 0.6 is 0 Å². The Hall–Kier alpha value is -1.98. The molecule has 0 atom stereocenters. The van der Waals surface area contributed by atoms with E-state index in [-0.39, 0.29) is 18.6 Å². The van der Waals surface area contributed by atoms with E-state index in [0.29, 0.717) is 24.7 Å². The van der Waals surface area contributed by atoms with Crippen LogP contribution in [0.3, 0.4) is 0 Å². The zero-order valence-corrected chi connectivity index (χ0v) is 16.5. The number of rotatable bonds is 8. The second-order valence-corrected chi connectivity index (χ2v) is 7.18. The molecule has 1 aliphatic heterocycles. The first kappa shape index (κ1) is 20.7. The fourth-order valence-electron chi connectivity index (χ4n) is 3.43. The van der Waals surface area contributed by atoms with Gasteiger partial charge in [-0.1, -0.05) is 50.5 Å². The fraction of sp³-hybridized carbons (Fsp3) is 0.478. The van der Waals surface area contributed by atoms with Gasteiger partial charge in [-0.2, -0.15) is 0 Å². The Bertz CT molecular complexity index is 730. The van der Waals surface area contributed by atoms with Crippen molar-refractivity contribution in [3.05, 3.63) is 53.6 Å². The third-order valence-corrected chi connectivity index (χ3v) is 4.99. The van der Waals surface area contributed by atoms with Crippen LogP contribution in [0.5, 0.6) is 5.75 Å². The lowest BCUT2D eigenvalue weighted by Gasteiger charge is -2.29. The molecule has 3 nitrogen and oxygen atoms in total. The van der Waals surface area contributed by atoms with Gasteiger partial charge in [0.2, 0.25) is 0 Å². The van der Waals surface area contributed by atoms with E-state index in [2.05, 4.69) is 6.92 Å². The average molecular weight is 390 g/mol. The van der Waals surface area contributed by atoms with Gasteiger partial charge in [0.15, 0.2) is 23.7 Å². The number of hydrogen-bond donors (Lipinski definition) is 0. The molecule has 0 unspecified atom stereocenters. The van der Waals surface area contributed by atoms with Crippen molar-refractivity contribution in [2.75, 3.05) is 19.8 Å². The van der Waals surface area contributed by atoms with Gasteiger partial charge in [-0.3, -0.25) is 0 Å². The molecule has 1 fully saturated rings. The zero-order valence-electron chi connectivity index (χ0n) is 16.5. The minimum absolute atomic E-state index is 0.211. The van der Waals surface area contributed by atoms with E-state index in [1.54, 1.807) is 6.92 Å². The van der Waals surface area contributed by atoms with E-state index < -0.39 is 11.6 Å². The monoisotopic (exact) mass is 390 g/mol. The Morgan fingerprint density at radius 1 is 0.929 bits per heavy atom. The highest BCUT2D eigenvalue weighted by atomic mass is 19.1. The lowest BCUT2D eigenvalue weighted by Crippen LogP contribution is -2.27. The SMILES string of the molecule is CCCCCC1COC(c2ccc(-c3cc(F)c(OCC)c(F)c3)cc2)OC1. The molecule has 5 heteroatoms. The first-order chi connectivity index (χ1) is 13.6. The summed E-state index contributed by atoms with van der Waals surface area (Å²) in [6.45, 7) is 5.50. The number of benzene rings is 2. The first-order valence-electron chi connectivity index (χ1n) is 10.1. The van der Waals surface area contributed by atoms with Gasteiger partial charge in [-0.25, -0.2) is 8.78 Å². The van der Waals surface area contributed by atoms with Gasteiger partial charge in [0, 0.05) is 11.5 Å². The summed E-state index contributed by atoms with van der Waals surface area (Å²) in [6, 6.07) is 9.98. The maximum Gasteiger partial charge on any atom is 0.190 e. The summed E-state index contributed by atoms with van der Waals surface area (Å²) in [5.74, 6) is -1.28. The summed E-state index contributed by atoms with van der Waals surface area (Å²) in [5.41, 5.74) is 2.09. The van der Waals surface area contributed by atoms with Crippen LogP contribution in [0.2, 0.25) is 0 Å². The van der Waals surface area contributed by atoms with Crippen LogP contribution in [-0.2, 0) is 9.47 Å². The van der Waals surface area contributed by atoms with E-state index in [9.17, 15) is 8.78 Å². The molecule has 0 saturated carbocycles. The standard InChI is InChI=1S/C23H28F2O3/c1-3-5-6-7-16-14-27-23(28-15-16)18-10-8-17(9-11-18)19-12-20(24)22(26-4-2)21(25)13-19/h8-13,16,23H,3-7,14-15H2,1-2H3. The number of ether oxygens (including phenoxy) is 3. The van der Waals surface area contributed by atoms with Gasteiger partial charge >= 0.3 is 0 Å². The van der Waals surface area contributed by atoms with Crippen molar-refractivity contribution in [1.82, 2.24) is 0 Å². The van der Waals surface area contributed by atoms with Gasteiger partial charge in [0.05, 0.1) is 19.8 Å². The molecule has 2 aromatic carbocycles. The number of halogens is 2. The zero-order chi connectivity index (χ0) is 19.9. The topological polar surface area (TPSA) is 27.7 Å². The molecule has 28 heavy (non-hydrogen) atoms. The van der Waals surface area contributed by atoms with Gasteiger partial charge in [0.25, 0.3) is 0 Å². The van der Waals surface area contributed by atoms with Crippen molar-refractivity contribution in [3.8, 4) is 16.9 Å². The summed E-state index contributed by atoms with van der Waals surface area (Å²) in [7, 11) is 0. The van der Waals surface area contributed by atoms with E-state index in [0.717, 1.165) is 17.5 Å². The van der Waals surface area contributed by atoms with Gasteiger partial charge in [0.1, 0.15) is 0 Å². The molecule has 3 rings (SSSR count). The molecule has 0 radical (unpaired) electrons. The Kier molecular flexibility index (Phi) is 7.40. The number of unbranched alkanes of at least 4 members (excludes halogenated alkanes) is 2. The molecule has 0 amide bonds. The lowest BCUT2D eigenvalue weighted by atomic mass is 10.0. The molecule has 2 aromatic rings. The maximum absolute atomic E-state index is 14.1. The normalized spacial score (nSPS) is 19.6. The Morgan fingerprint density at radius 3 is 2.14 bits per heavy atom.